The second-order valence-corrected chi connectivity index (χ2v) is 4.13. The Hall–Kier alpha value is -1.29. The van der Waals surface area contributed by atoms with E-state index in [1.807, 2.05) is 26.8 Å². The van der Waals surface area contributed by atoms with E-state index < -0.39 is 0 Å². The lowest BCUT2D eigenvalue weighted by molar-refractivity contribution is 0.249. The molecule has 0 spiro atoms. The smallest absolute Gasteiger partial charge is 0.149 e. The molecule has 0 amide bonds. The van der Waals surface area contributed by atoms with Gasteiger partial charge in [-0.25, -0.2) is 4.98 Å². The van der Waals surface area contributed by atoms with Crippen LogP contribution in [0.5, 0.6) is 0 Å². The highest BCUT2D eigenvalue weighted by Gasteiger charge is 2.13. The van der Waals surface area contributed by atoms with Gasteiger partial charge in [-0.15, -0.1) is 0 Å². The molecule has 4 heteroatoms. The largest absolute Gasteiger partial charge is 0.396 e. The first-order valence-electron chi connectivity index (χ1n) is 5.14. The summed E-state index contributed by atoms with van der Waals surface area (Å²) in [5, 5.41) is 12.3. The fourth-order valence-corrected chi connectivity index (χ4v) is 1.31. The van der Waals surface area contributed by atoms with Gasteiger partial charge in [0.2, 0.25) is 0 Å². The molecular formula is C11H19N3O. The van der Waals surface area contributed by atoms with Gasteiger partial charge in [0.25, 0.3) is 0 Å². The first-order valence-corrected chi connectivity index (χ1v) is 5.14. The molecule has 0 saturated carbocycles. The number of anilines is 2. The van der Waals surface area contributed by atoms with E-state index in [4.69, 9.17) is 5.73 Å². The summed E-state index contributed by atoms with van der Waals surface area (Å²) >= 11 is 0. The molecule has 0 aliphatic carbocycles. The van der Waals surface area contributed by atoms with E-state index in [2.05, 4.69) is 10.3 Å². The van der Waals surface area contributed by atoms with Crippen LogP contribution in [0, 0.1) is 12.8 Å². The number of aliphatic hydroxyl groups excluding tert-OH is 1. The first-order chi connectivity index (χ1) is 7.04. The Morgan fingerprint density at radius 1 is 1.53 bits per heavy atom. The fraction of sp³-hybridized carbons (Fsp3) is 0.545. The van der Waals surface area contributed by atoms with Gasteiger partial charge in [-0.3, -0.25) is 0 Å². The average molecular weight is 209 g/mol. The second-order valence-electron chi connectivity index (χ2n) is 4.13. The van der Waals surface area contributed by atoms with Crippen molar-refractivity contribution in [3.8, 4) is 0 Å². The van der Waals surface area contributed by atoms with E-state index in [1.54, 1.807) is 6.20 Å². The normalized spacial score (nSPS) is 12.9. The average Bonchev–Trinajstić information content (AvgIpc) is 2.16. The Balaban J connectivity index is 2.79. The third kappa shape index (κ3) is 3.09. The molecule has 0 saturated heterocycles. The number of nitrogens with zero attached hydrogens (tertiary/aromatic N) is 1. The molecule has 0 bridgehead atoms. The molecule has 0 fully saturated rings. The van der Waals surface area contributed by atoms with Crippen LogP contribution >= 0.6 is 0 Å². The zero-order valence-electron chi connectivity index (χ0n) is 9.49. The summed E-state index contributed by atoms with van der Waals surface area (Å²) in [7, 11) is 0. The number of pyridine rings is 1. The Morgan fingerprint density at radius 2 is 2.20 bits per heavy atom. The van der Waals surface area contributed by atoms with E-state index >= 15 is 0 Å². The lowest BCUT2D eigenvalue weighted by Gasteiger charge is -2.21. The van der Waals surface area contributed by atoms with Gasteiger partial charge in [-0.2, -0.15) is 0 Å². The predicted octanol–water partition coefficient (Wildman–Crippen LogP) is 1.40. The molecule has 0 unspecified atom stereocenters. The SMILES string of the molecule is Cc1cnc(N[C@H](CO)C(C)C)c(N)c1. The van der Waals surface area contributed by atoms with Crippen LogP contribution in [-0.4, -0.2) is 22.7 Å². The molecule has 1 heterocycles. The Labute approximate surface area is 90.5 Å². The number of aliphatic hydroxyl groups is 1. The van der Waals surface area contributed by atoms with Crippen LogP contribution in [0.1, 0.15) is 19.4 Å². The van der Waals surface area contributed by atoms with Crippen molar-refractivity contribution in [1.82, 2.24) is 4.98 Å². The first kappa shape index (κ1) is 11.8. The predicted molar refractivity (Wildman–Crippen MR) is 62.7 cm³/mol. The molecule has 84 valence electrons. The molecule has 1 aromatic rings. The highest BCUT2D eigenvalue weighted by molar-refractivity contribution is 5.62. The van der Waals surface area contributed by atoms with Gasteiger partial charge in [-0.1, -0.05) is 13.8 Å². The van der Waals surface area contributed by atoms with E-state index in [0.717, 1.165) is 5.56 Å². The number of nitrogens with one attached hydrogen (secondary N) is 1. The van der Waals surface area contributed by atoms with Gasteiger partial charge < -0.3 is 16.2 Å². The molecule has 1 rings (SSSR count). The lowest BCUT2D eigenvalue weighted by atomic mass is 10.1. The molecule has 0 aliphatic rings. The van der Waals surface area contributed by atoms with E-state index in [9.17, 15) is 5.11 Å². The van der Waals surface area contributed by atoms with Crippen LogP contribution in [-0.2, 0) is 0 Å². The van der Waals surface area contributed by atoms with Crippen molar-refractivity contribution in [2.75, 3.05) is 17.7 Å². The summed E-state index contributed by atoms with van der Waals surface area (Å²) in [4.78, 5) is 4.20. The van der Waals surface area contributed by atoms with Gasteiger partial charge in [-0.05, 0) is 24.5 Å². The zero-order valence-corrected chi connectivity index (χ0v) is 9.49. The summed E-state index contributed by atoms with van der Waals surface area (Å²) < 4.78 is 0. The number of nitrogen functional groups attached to an aromatic ring is 1. The summed E-state index contributed by atoms with van der Waals surface area (Å²) in [6.07, 6.45) is 1.76. The molecule has 1 aromatic heterocycles. The number of aromatic nitrogens is 1. The fourth-order valence-electron chi connectivity index (χ4n) is 1.31. The third-order valence-corrected chi connectivity index (χ3v) is 2.38. The van der Waals surface area contributed by atoms with Crippen molar-refractivity contribution < 1.29 is 5.11 Å². The van der Waals surface area contributed by atoms with Gasteiger partial charge >= 0.3 is 0 Å². The van der Waals surface area contributed by atoms with Crippen molar-refractivity contribution in [3.05, 3.63) is 17.8 Å². The monoisotopic (exact) mass is 209 g/mol. The quantitative estimate of drug-likeness (QED) is 0.701. The van der Waals surface area contributed by atoms with Gasteiger partial charge in [0.05, 0.1) is 18.3 Å². The highest BCUT2D eigenvalue weighted by atomic mass is 16.3. The van der Waals surface area contributed by atoms with Crippen molar-refractivity contribution in [2.45, 2.75) is 26.8 Å². The molecule has 1 atom stereocenters. The van der Waals surface area contributed by atoms with Crippen LogP contribution in [0.25, 0.3) is 0 Å². The van der Waals surface area contributed by atoms with E-state index in [1.165, 1.54) is 0 Å². The van der Waals surface area contributed by atoms with Crippen LogP contribution in [0.4, 0.5) is 11.5 Å². The van der Waals surface area contributed by atoms with Crippen molar-refractivity contribution in [2.24, 2.45) is 5.92 Å². The standard InChI is InChI=1S/C11H19N3O/c1-7(2)10(6-15)14-11-9(12)4-8(3)5-13-11/h4-5,7,10,15H,6,12H2,1-3H3,(H,13,14)/t10-/m1/s1. The third-order valence-electron chi connectivity index (χ3n) is 2.38. The van der Waals surface area contributed by atoms with Crippen molar-refractivity contribution in [1.29, 1.82) is 0 Å². The molecule has 0 aliphatic heterocycles. The lowest BCUT2D eigenvalue weighted by Crippen LogP contribution is -2.30. The Bertz CT molecular complexity index is 326. The highest BCUT2D eigenvalue weighted by Crippen LogP contribution is 2.18. The van der Waals surface area contributed by atoms with Crippen molar-refractivity contribution >= 4 is 11.5 Å². The van der Waals surface area contributed by atoms with Gasteiger partial charge in [0.15, 0.2) is 0 Å². The molecule has 0 radical (unpaired) electrons. The van der Waals surface area contributed by atoms with Crippen molar-refractivity contribution in [3.63, 3.8) is 0 Å². The molecule has 0 aromatic carbocycles. The number of rotatable bonds is 4. The minimum absolute atomic E-state index is 0.0116. The van der Waals surface area contributed by atoms with Gasteiger partial charge in [0.1, 0.15) is 5.82 Å². The number of aryl methyl sites for hydroxylation is 1. The minimum atomic E-state index is -0.0116. The summed E-state index contributed by atoms with van der Waals surface area (Å²) in [6.45, 7) is 6.10. The van der Waals surface area contributed by atoms with E-state index in [0.29, 0.717) is 17.4 Å². The maximum absolute atomic E-state index is 9.17. The maximum Gasteiger partial charge on any atom is 0.149 e. The summed E-state index contributed by atoms with van der Waals surface area (Å²) in [5.74, 6) is 0.978. The summed E-state index contributed by atoms with van der Waals surface area (Å²) in [5.41, 5.74) is 7.47. The number of hydrogen-bond donors (Lipinski definition) is 3. The number of nitrogens with two attached hydrogens (primary N) is 1. The van der Waals surface area contributed by atoms with Crippen LogP contribution in [0.15, 0.2) is 12.3 Å². The Kier molecular flexibility index (Phi) is 3.91. The molecule has 4 N–H and O–H groups in total. The molecule has 4 nitrogen and oxygen atoms in total. The minimum Gasteiger partial charge on any atom is -0.396 e. The molecule has 15 heavy (non-hydrogen) atoms. The number of hydrogen-bond acceptors (Lipinski definition) is 4. The van der Waals surface area contributed by atoms with Gasteiger partial charge in [0, 0.05) is 6.20 Å². The van der Waals surface area contributed by atoms with Crippen LogP contribution in [0.2, 0.25) is 0 Å². The molecular weight excluding hydrogens is 190 g/mol. The topological polar surface area (TPSA) is 71.2 Å². The Morgan fingerprint density at radius 3 is 2.67 bits per heavy atom. The summed E-state index contributed by atoms with van der Waals surface area (Å²) in [6, 6.07) is 1.85. The van der Waals surface area contributed by atoms with E-state index in [-0.39, 0.29) is 12.6 Å². The maximum atomic E-state index is 9.17. The van der Waals surface area contributed by atoms with Crippen LogP contribution in [0.3, 0.4) is 0 Å². The zero-order chi connectivity index (χ0) is 11.4. The van der Waals surface area contributed by atoms with Crippen LogP contribution < -0.4 is 11.1 Å². The second kappa shape index (κ2) is 4.98.